The van der Waals surface area contributed by atoms with Gasteiger partial charge in [-0.2, -0.15) is 0 Å². The molecule has 1 fully saturated rings. The molecule has 3 unspecified atom stereocenters. The molecule has 7 nitrogen and oxygen atoms in total. The van der Waals surface area contributed by atoms with Crippen LogP contribution in [0.25, 0.3) is 0 Å². The maximum absolute atomic E-state index is 12.1. The first-order valence-electron chi connectivity index (χ1n) is 9.83. The van der Waals surface area contributed by atoms with Gasteiger partial charge in [-0.1, -0.05) is 64.7 Å². The van der Waals surface area contributed by atoms with E-state index < -0.39 is 40.3 Å². The zero-order valence-electron chi connectivity index (χ0n) is 15.9. The molecule has 0 aromatic rings. The molecular weight excluding hydrogens is 338 g/mol. The average Bonchev–Trinajstić information content (AvgIpc) is 2.84. The van der Waals surface area contributed by atoms with Gasteiger partial charge in [-0.3, -0.25) is 24.5 Å². The summed E-state index contributed by atoms with van der Waals surface area (Å²) in [5, 5.41) is 11.2. The predicted molar refractivity (Wildman–Crippen MR) is 96.3 cm³/mol. The highest BCUT2D eigenvalue weighted by molar-refractivity contribution is 6.45. The number of nitrogens with zero attached hydrogens (tertiary/aromatic N) is 1. The topological polar surface area (TPSA) is 104 Å². The second-order valence-corrected chi connectivity index (χ2v) is 6.97. The van der Waals surface area contributed by atoms with Crippen LogP contribution in [0.1, 0.15) is 78.1 Å². The van der Waals surface area contributed by atoms with E-state index in [0.717, 1.165) is 19.3 Å². The summed E-state index contributed by atoms with van der Waals surface area (Å²) >= 11 is 0. The van der Waals surface area contributed by atoms with Crippen LogP contribution in [0.15, 0.2) is 0 Å². The van der Waals surface area contributed by atoms with E-state index in [4.69, 9.17) is 4.74 Å². The predicted octanol–water partition coefficient (Wildman–Crippen LogP) is 3.50. The average molecular weight is 369 g/mol. The van der Waals surface area contributed by atoms with Crippen LogP contribution in [0, 0.1) is 22.0 Å². The van der Waals surface area contributed by atoms with Gasteiger partial charge in [0.15, 0.2) is 0 Å². The van der Waals surface area contributed by atoms with E-state index >= 15 is 0 Å². The maximum Gasteiger partial charge on any atom is 0.317 e. The number of hydrogen-bond donors (Lipinski definition) is 0. The van der Waals surface area contributed by atoms with Gasteiger partial charge in [-0.15, -0.1) is 0 Å². The summed E-state index contributed by atoms with van der Waals surface area (Å²) in [7, 11) is 0. The van der Waals surface area contributed by atoms with Crippen LogP contribution in [0.2, 0.25) is 0 Å². The number of unbranched alkanes of at least 4 members (excludes halogenated alkanes) is 8. The van der Waals surface area contributed by atoms with Crippen molar-refractivity contribution in [1.29, 1.82) is 0 Å². The smallest absolute Gasteiger partial charge is 0.317 e. The third-order valence-corrected chi connectivity index (χ3v) is 5.04. The van der Waals surface area contributed by atoms with Crippen LogP contribution < -0.4 is 0 Å². The van der Waals surface area contributed by atoms with Gasteiger partial charge in [0.05, 0.1) is 12.5 Å². The van der Waals surface area contributed by atoms with Gasteiger partial charge < -0.3 is 4.74 Å². The Balaban J connectivity index is 2.50. The lowest BCUT2D eigenvalue weighted by molar-refractivity contribution is -0.515. The number of ether oxygens (including phenoxy) is 1. The zero-order valence-corrected chi connectivity index (χ0v) is 15.9. The van der Waals surface area contributed by atoms with Gasteiger partial charge in [0, 0.05) is 4.92 Å². The Morgan fingerprint density at radius 1 is 0.962 bits per heavy atom. The van der Waals surface area contributed by atoms with Crippen molar-refractivity contribution in [3.8, 4) is 0 Å². The van der Waals surface area contributed by atoms with Gasteiger partial charge >= 0.3 is 5.97 Å². The van der Waals surface area contributed by atoms with Crippen molar-refractivity contribution in [3.05, 3.63) is 10.1 Å². The molecule has 0 aromatic heterocycles. The van der Waals surface area contributed by atoms with Crippen LogP contribution in [0.4, 0.5) is 0 Å². The SMILES string of the molecule is CCCCCCCCCCCC1C(C(=O)OCC)C(=O)C(=O)C1[N+](=O)[O-]. The normalized spacial score (nSPS) is 22.6. The molecule has 0 heterocycles. The summed E-state index contributed by atoms with van der Waals surface area (Å²) in [6, 6.07) is -1.61. The Kier molecular flexibility index (Phi) is 10.1. The van der Waals surface area contributed by atoms with E-state index in [2.05, 4.69) is 6.92 Å². The van der Waals surface area contributed by atoms with E-state index in [-0.39, 0.29) is 6.61 Å². The van der Waals surface area contributed by atoms with Crippen LogP contribution in [-0.2, 0) is 19.1 Å². The van der Waals surface area contributed by atoms with E-state index in [1.54, 1.807) is 6.92 Å². The quantitative estimate of drug-likeness (QED) is 0.123. The van der Waals surface area contributed by atoms with Crippen LogP contribution in [0.5, 0.6) is 0 Å². The minimum Gasteiger partial charge on any atom is -0.465 e. The molecule has 0 spiro atoms. The Morgan fingerprint density at radius 2 is 1.50 bits per heavy atom. The fourth-order valence-electron chi connectivity index (χ4n) is 3.65. The van der Waals surface area contributed by atoms with Crippen LogP contribution >= 0.6 is 0 Å². The molecule has 7 heteroatoms. The highest BCUT2D eigenvalue weighted by atomic mass is 16.6. The largest absolute Gasteiger partial charge is 0.465 e. The molecular formula is C19H31NO6. The number of nitro groups is 1. The second-order valence-electron chi connectivity index (χ2n) is 6.97. The molecule has 1 rings (SSSR count). The fourth-order valence-corrected chi connectivity index (χ4v) is 3.65. The number of carbonyl (C=O) groups is 3. The molecule has 0 N–H and O–H groups in total. The third kappa shape index (κ3) is 6.18. The first-order chi connectivity index (χ1) is 12.5. The molecule has 1 saturated carbocycles. The summed E-state index contributed by atoms with van der Waals surface area (Å²) in [6.07, 6.45) is 10.2. The fraction of sp³-hybridized carbons (Fsp3) is 0.842. The molecule has 0 aliphatic heterocycles. The van der Waals surface area contributed by atoms with Crippen molar-refractivity contribution in [2.75, 3.05) is 6.61 Å². The second kappa shape index (κ2) is 11.8. The molecule has 148 valence electrons. The lowest BCUT2D eigenvalue weighted by Gasteiger charge is -2.17. The van der Waals surface area contributed by atoms with E-state index in [1.807, 2.05) is 0 Å². The number of ketones is 2. The van der Waals surface area contributed by atoms with Crippen molar-refractivity contribution < 1.29 is 24.0 Å². The Morgan fingerprint density at radius 3 is 2.00 bits per heavy atom. The standard InChI is InChI=1S/C19H31NO6/c1-3-5-6-7-8-9-10-11-12-13-14-15(19(23)26-4-2)17(21)18(22)16(14)20(24)25/h14-16H,3-13H2,1-2H3. The lowest BCUT2D eigenvalue weighted by atomic mass is 9.88. The number of rotatable bonds is 13. The van der Waals surface area contributed by atoms with Crippen molar-refractivity contribution in [1.82, 2.24) is 0 Å². The molecule has 0 saturated heterocycles. The first kappa shape index (κ1) is 22.3. The minimum absolute atomic E-state index is 0.0741. The van der Waals surface area contributed by atoms with Crippen molar-refractivity contribution in [3.63, 3.8) is 0 Å². The van der Waals surface area contributed by atoms with Gasteiger partial charge in [0.2, 0.25) is 5.78 Å². The Labute approximate surface area is 155 Å². The summed E-state index contributed by atoms with van der Waals surface area (Å²) < 4.78 is 4.86. The van der Waals surface area contributed by atoms with Crippen molar-refractivity contribution in [2.24, 2.45) is 11.8 Å². The summed E-state index contributed by atoms with van der Waals surface area (Å²) in [5.74, 6) is -5.03. The van der Waals surface area contributed by atoms with Crippen molar-refractivity contribution in [2.45, 2.75) is 84.1 Å². The lowest BCUT2D eigenvalue weighted by Crippen LogP contribution is -2.34. The molecule has 0 amide bonds. The van der Waals surface area contributed by atoms with Gasteiger partial charge in [0.1, 0.15) is 5.92 Å². The molecule has 1 aliphatic rings. The van der Waals surface area contributed by atoms with E-state index in [1.165, 1.54) is 32.1 Å². The molecule has 0 bridgehead atoms. The molecule has 26 heavy (non-hydrogen) atoms. The zero-order chi connectivity index (χ0) is 19.5. The Hall–Kier alpha value is -1.79. The third-order valence-electron chi connectivity index (χ3n) is 5.04. The van der Waals surface area contributed by atoms with Gasteiger partial charge in [-0.05, 0) is 13.3 Å². The molecule has 1 aliphatic carbocycles. The number of Topliss-reactive ketones (excluding diaryl/α,β-unsaturated/α-hetero) is 2. The number of esters is 1. The van der Waals surface area contributed by atoms with E-state index in [0.29, 0.717) is 12.8 Å². The summed E-state index contributed by atoms with van der Waals surface area (Å²) in [5.41, 5.74) is 0. The van der Waals surface area contributed by atoms with Gasteiger partial charge in [0.25, 0.3) is 11.8 Å². The monoisotopic (exact) mass is 369 g/mol. The van der Waals surface area contributed by atoms with E-state index in [9.17, 15) is 24.5 Å². The van der Waals surface area contributed by atoms with Crippen molar-refractivity contribution >= 4 is 17.5 Å². The molecule has 3 atom stereocenters. The van der Waals surface area contributed by atoms with Crippen LogP contribution in [0.3, 0.4) is 0 Å². The van der Waals surface area contributed by atoms with Gasteiger partial charge in [-0.25, -0.2) is 0 Å². The molecule has 0 radical (unpaired) electrons. The highest BCUT2D eigenvalue weighted by Gasteiger charge is 2.59. The Bertz CT molecular complexity index is 504. The number of carbonyl (C=O) groups excluding carboxylic acids is 3. The first-order valence-corrected chi connectivity index (χ1v) is 9.83. The van der Waals surface area contributed by atoms with Crippen LogP contribution in [-0.4, -0.2) is 35.1 Å². The summed E-state index contributed by atoms with van der Waals surface area (Å²) in [6.45, 7) is 3.85. The minimum atomic E-state index is -1.61. The maximum atomic E-state index is 12.1. The summed E-state index contributed by atoms with van der Waals surface area (Å²) in [4.78, 5) is 46.5. The molecule has 0 aromatic carbocycles. The number of hydrogen-bond acceptors (Lipinski definition) is 6. The highest BCUT2D eigenvalue weighted by Crippen LogP contribution is 2.34.